The zero-order valence-corrected chi connectivity index (χ0v) is 17.4. The summed E-state index contributed by atoms with van der Waals surface area (Å²) in [4.78, 5) is 25.2. The van der Waals surface area contributed by atoms with Gasteiger partial charge in [0.15, 0.2) is 5.96 Å². The van der Waals surface area contributed by atoms with Crippen LogP contribution in [0.1, 0.15) is 12.0 Å². The number of halogens is 1. The zero-order chi connectivity index (χ0) is 20.5. The Kier molecular flexibility index (Phi) is 7.69. The maximum absolute atomic E-state index is 12.5. The summed E-state index contributed by atoms with van der Waals surface area (Å²) >= 11 is 5.90. The number of rotatable bonds is 6. The summed E-state index contributed by atoms with van der Waals surface area (Å²) < 4.78 is 0. The highest BCUT2D eigenvalue weighted by Gasteiger charge is 2.21. The Balaban J connectivity index is 1.36. The van der Waals surface area contributed by atoms with E-state index in [1.54, 1.807) is 13.2 Å². The van der Waals surface area contributed by atoms with Crippen molar-refractivity contribution in [1.29, 1.82) is 0 Å². The van der Waals surface area contributed by atoms with Crippen molar-refractivity contribution in [3.8, 4) is 0 Å². The average Bonchev–Trinajstić information content (AvgIpc) is 2.78. The van der Waals surface area contributed by atoms with E-state index in [4.69, 9.17) is 11.6 Å². The SMILES string of the molecule is CN=C(NCCC(=O)N1CCN(c2ccccn2)CC1)NCc1ccc(Cl)cc1. The number of piperazine rings is 1. The van der Waals surface area contributed by atoms with E-state index in [1.807, 2.05) is 47.4 Å². The Bertz CT molecular complexity index is 804. The average molecular weight is 415 g/mol. The van der Waals surface area contributed by atoms with E-state index in [0.29, 0.717) is 25.5 Å². The molecule has 8 heteroatoms. The summed E-state index contributed by atoms with van der Waals surface area (Å²) in [6.07, 6.45) is 2.23. The molecular formula is C21H27ClN6O. The molecule has 0 unspecified atom stereocenters. The fourth-order valence-electron chi connectivity index (χ4n) is 3.18. The first-order valence-electron chi connectivity index (χ1n) is 9.78. The molecule has 2 N–H and O–H groups in total. The number of aliphatic imine (C=N–C) groups is 1. The fourth-order valence-corrected chi connectivity index (χ4v) is 3.31. The molecule has 2 aromatic rings. The summed E-state index contributed by atoms with van der Waals surface area (Å²) in [7, 11) is 1.72. The monoisotopic (exact) mass is 414 g/mol. The molecule has 1 amide bonds. The molecular weight excluding hydrogens is 388 g/mol. The lowest BCUT2D eigenvalue weighted by molar-refractivity contribution is -0.131. The second-order valence-electron chi connectivity index (χ2n) is 6.78. The number of carbonyl (C=O) groups is 1. The van der Waals surface area contributed by atoms with Crippen molar-refractivity contribution >= 4 is 29.3 Å². The Morgan fingerprint density at radius 2 is 1.86 bits per heavy atom. The van der Waals surface area contributed by atoms with Crippen LogP contribution in [0.4, 0.5) is 5.82 Å². The van der Waals surface area contributed by atoms with Gasteiger partial charge in [-0.25, -0.2) is 4.98 Å². The molecule has 0 spiro atoms. The highest BCUT2D eigenvalue weighted by molar-refractivity contribution is 6.30. The maximum atomic E-state index is 12.5. The van der Waals surface area contributed by atoms with Crippen LogP contribution in [0, 0.1) is 0 Å². The molecule has 1 aliphatic rings. The van der Waals surface area contributed by atoms with Crippen molar-refractivity contribution < 1.29 is 4.79 Å². The van der Waals surface area contributed by atoms with Gasteiger partial charge in [-0.15, -0.1) is 0 Å². The summed E-state index contributed by atoms with van der Waals surface area (Å²) in [5.41, 5.74) is 1.11. The van der Waals surface area contributed by atoms with E-state index in [2.05, 4.69) is 25.5 Å². The van der Waals surface area contributed by atoms with Crippen molar-refractivity contribution in [2.75, 3.05) is 44.7 Å². The molecule has 1 aliphatic heterocycles. The van der Waals surface area contributed by atoms with Crippen molar-refractivity contribution in [3.05, 3.63) is 59.2 Å². The third-order valence-corrected chi connectivity index (χ3v) is 5.09. The summed E-state index contributed by atoms with van der Waals surface area (Å²) in [5.74, 6) is 1.80. The summed E-state index contributed by atoms with van der Waals surface area (Å²) in [6.45, 7) is 4.23. The lowest BCUT2D eigenvalue weighted by atomic mass is 10.2. The molecule has 0 radical (unpaired) electrons. The van der Waals surface area contributed by atoms with E-state index in [9.17, 15) is 4.79 Å². The molecule has 0 atom stereocenters. The minimum atomic E-state index is 0.159. The topological polar surface area (TPSA) is 72.9 Å². The smallest absolute Gasteiger partial charge is 0.224 e. The second-order valence-corrected chi connectivity index (χ2v) is 7.22. The number of nitrogens with zero attached hydrogens (tertiary/aromatic N) is 4. The van der Waals surface area contributed by atoms with Crippen LogP contribution in [-0.4, -0.2) is 61.5 Å². The standard InChI is InChI=1S/C21H27ClN6O/c1-23-21(26-16-17-5-7-18(22)8-6-17)25-11-9-20(29)28-14-12-27(13-15-28)19-4-2-3-10-24-19/h2-8,10H,9,11-16H2,1H3,(H2,23,25,26). The Morgan fingerprint density at radius 1 is 1.10 bits per heavy atom. The largest absolute Gasteiger partial charge is 0.356 e. The van der Waals surface area contributed by atoms with Crippen molar-refractivity contribution in [3.63, 3.8) is 0 Å². The normalized spacial score (nSPS) is 14.6. The molecule has 2 heterocycles. The Labute approximate surface area is 176 Å². The van der Waals surface area contributed by atoms with Gasteiger partial charge >= 0.3 is 0 Å². The predicted octanol–water partition coefficient (Wildman–Crippen LogP) is 2.14. The maximum Gasteiger partial charge on any atom is 0.224 e. The molecule has 1 fully saturated rings. The van der Waals surface area contributed by atoms with Crippen LogP contribution in [0.25, 0.3) is 0 Å². The third-order valence-electron chi connectivity index (χ3n) is 4.83. The molecule has 0 bridgehead atoms. The van der Waals surface area contributed by atoms with Gasteiger partial charge in [-0.05, 0) is 29.8 Å². The number of anilines is 1. The van der Waals surface area contributed by atoms with Crippen molar-refractivity contribution in [1.82, 2.24) is 20.5 Å². The molecule has 3 rings (SSSR count). The number of aromatic nitrogens is 1. The molecule has 0 saturated carbocycles. The Hall–Kier alpha value is -2.80. The molecule has 1 saturated heterocycles. The van der Waals surface area contributed by atoms with E-state index in [-0.39, 0.29) is 5.91 Å². The minimum Gasteiger partial charge on any atom is -0.356 e. The van der Waals surface area contributed by atoms with Crippen LogP contribution in [0.2, 0.25) is 5.02 Å². The van der Waals surface area contributed by atoms with Gasteiger partial charge in [-0.3, -0.25) is 9.79 Å². The third kappa shape index (κ3) is 6.35. The number of nitrogens with one attached hydrogen (secondary N) is 2. The van der Waals surface area contributed by atoms with Crippen LogP contribution >= 0.6 is 11.6 Å². The summed E-state index contributed by atoms with van der Waals surface area (Å²) in [6, 6.07) is 13.6. The van der Waals surface area contributed by atoms with Gasteiger partial charge in [0, 0.05) is 64.0 Å². The van der Waals surface area contributed by atoms with E-state index >= 15 is 0 Å². The first-order valence-corrected chi connectivity index (χ1v) is 10.2. The molecule has 7 nitrogen and oxygen atoms in total. The minimum absolute atomic E-state index is 0.159. The number of pyridine rings is 1. The van der Waals surface area contributed by atoms with Gasteiger partial charge in [0.25, 0.3) is 0 Å². The van der Waals surface area contributed by atoms with Crippen LogP contribution in [-0.2, 0) is 11.3 Å². The van der Waals surface area contributed by atoms with Crippen LogP contribution in [0.15, 0.2) is 53.7 Å². The lowest BCUT2D eigenvalue weighted by Crippen LogP contribution is -2.49. The fraction of sp³-hybridized carbons (Fsp3) is 0.381. The molecule has 1 aromatic heterocycles. The quantitative estimate of drug-likeness (QED) is 0.559. The summed E-state index contributed by atoms with van der Waals surface area (Å²) in [5, 5.41) is 7.16. The number of amides is 1. The predicted molar refractivity (Wildman–Crippen MR) is 117 cm³/mol. The zero-order valence-electron chi connectivity index (χ0n) is 16.6. The number of hydrogen-bond donors (Lipinski definition) is 2. The number of hydrogen-bond acceptors (Lipinski definition) is 4. The highest BCUT2D eigenvalue weighted by Crippen LogP contribution is 2.13. The van der Waals surface area contributed by atoms with Gasteiger partial charge in [0.1, 0.15) is 5.82 Å². The Morgan fingerprint density at radius 3 is 2.52 bits per heavy atom. The highest BCUT2D eigenvalue weighted by atomic mass is 35.5. The van der Waals surface area contributed by atoms with Crippen molar-refractivity contribution in [2.24, 2.45) is 4.99 Å². The molecule has 1 aromatic carbocycles. The lowest BCUT2D eigenvalue weighted by Gasteiger charge is -2.35. The van der Waals surface area contributed by atoms with Gasteiger partial charge in [0.05, 0.1) is 0 Å². The number of guanidine groups is 1. The van der Waals surface area contributed by atoms with Gasteiger partial charge in [0.2, 0.25) is 5.91 Å². The van der Waals surface area contributed by atoms with Crippen LogP contribution in [0.3, 0.4) is 0 Å². The van der Waals surface area contributed by atoms with Crippen LogP contribution < -0.4 is 15.5 Å². The first-order chi connectivity index (χ1) is 14.2. The van der Waals surface area contributed by atoms with E-state index in [1.165, 1.54) is 0 Å². The number of carbonyl (C=O) groups excluding carboxylic acids is 1. The molecule has 0 aliphatic carbocycles. The van der Waals surface area contributed by atoms with E-state index in [0.717, 1.165) is 42.6 Å². The van der Waals surface area contributed by atoms with E-state index < -0.39 is 0 Å². The first kappa shape index (κ1) is 20.9. The second kappa shape index (κ2) is 10.7. The van der Waals surface area contributed by atoms with Crippen LogP contribution in [0.5, 0.6) is 0 Å². The molecule has 154 valence electrons. The molecule has 29 heavy (non-hydrogen) atoms. The van der Waals surface area contributed by atoms with Gasteiger partial charge in [-0.1, -0.05) is 29.8 Å². The van der Waals surface area contributed by atoms with Crippen molar-refractivity contribution in [2.45, 2.75) is 13.0 Å². The van der Waals surface area contributed by atoms with Gasteiger partial charge < -0.3 is 20.4 Å². The number of benzene rings is 1. The van der Waals surface area contributed by atoms with Gasteiger partial charge in [-0.2, -0.15) is 0 Å².